The summed E-state index contributed by atoms with van der Waals surface area (Å²) in [5.41, 5.74) is 4.77. The van der Waals surface area contributed by atoms with E-state index in [1.807, 2.05) is 66.3 Å². The second-order valence-electron chi connectivity index (χ2n) is 7.49. The summed E-state index contributed by atoms with van der Waals surface area (Å²) in [6, 6.07) is 15.9. The minimum Gasteiger partial charge on any atom is -0.383 e. The van der Waals surface area contributed by atoms with Gasteiger partial charge in [-0.1, -0.05) is 47.7 Å². The second-order valence-corrected chi connectivity index (χ2v) is 9.49. The van der Waals surface area contributed by atoms with Gasteiger partial charge < -0.3 is 10.1 Å². The molecule has 33 heavy (non-hydrogen) atoms. The molecule has 0 aliphatic rings. The Morgan fingerprint density at radius 2 is 1.94 bits per heavy atom. The zero-order valence-electron chi connectivity index (χ0n) is 18.7. The summed E-state index contributed by atoms with van der Waals surface area (Å²) in [4.78, 5) is 17.2. The average Bonchev–Trinajstić information content (AvgIpc) is 3.42. The molecule has 0 atom stereocenters. The van der Waals surface area contributed by atoms with E-state index >= 15 is 0 Å². The molecule has 0 unspecified atom stereocenters. The highest BCUT2D eigenvalue weighted by atomic mass is 32.2. The predicted molar refractivity (Wildman–Crippen MR) is 134 cm³/mol. The van der Waals surface area contributed by atoms with Crippen molar-refractivity contribution in [2.24, 2.45) is 0 Å². The average molecular weight is 480 g/mol. The van der Waals surface area contributed by atoms with Gasteiger partial charge in [0.1, 0.15) is 0 Å². The zero-order chi connectivity index (χ0) is 23.2. The van der Waals surface area contributed by atoms with Crippen molar-refractivity contribution in [3.05, 3.63) is 64.5 Å². The minimum absolute atomic E-state index is 0.106. The molecule has 170 valence electrons. The van der Waals surface area contributed by atoms with Crippen LogP contribution in [0.4, 0.5) is 5.69 Å². The molecule has 4 aromatic rings. The van der Waals surface area contributed by atoms with E-state index in [0.29, 0.717) is 18.3 Å². The lowest BCUT2D eigenvalue weighted by Gasteiger charge is -2.10. The number of hydrogen-bond donors (Lipinski definition) is 1. The number of nitrogens with one attached hydrogen (secondary N) is 1. The summed E-state index contributed by atoms with van der Waals surface area (Å²) in [5.74, 6) is 0.883. The van der Waals surface area contributed by atoms with Crippen LogP contribution >= 0.6 is 23.1 Å². The van der Waals surface area contributed by atoms with Gasteiger partial charge in [0.25, 0.3) is 0 Å². The smallest absolute Gasteiger partial charge is 0.234 e. The molecule has 7 nitrogen and oxygen atoms in total. The molecule has 0 radical (unpaired) electrons. The number of methoxy groups -OCH3 is 1. The van der Waals surface area contributed by atoms with Crippen LogP contribution in [0.25, 0.3) is 22.6 Å². The number of ether oxygens (including phenoxy) is 1. The quantitative estimate of drug-likeness (QED) is 0.338. The van der Waals surface area contributed by atoms with Crippen molar-refractivity contribution in [3.8, 4) is 22.6 Å². The molecule has 0 aliphatic heterocycles. The van der Waals surface area contributed by atoms with Gasteiger partial charge in [-0.2, -0.15) is 0 Å². The van der Waals surface area contributed by atoms with Crippen molar-refractivity contribution in [2.45, 2.75) is 25.5 Å². The fourth-order valence-corrected chi connectivity index (χ4v) is 4.74. The van der Waals surface area contributed by atoms with Crippen LogP contribution in [0, 0.1) is 13.8 Å². The fourth-order valence-electron chi connectivity index (χ4n) is 3.36. The monoisotopic (exact) mass is 479 g/mol. The lowest BCUT2D eigenvalue weighted by atomic mass is 10.1. The van der Waals surface area contributed by atoms with Gasteiger partial charge in [0.05, 0.1) is 29.6 Å². The minimum atomic E-state index is -0.106. The second kappa shape index (κ2) is 10.7. The summed E-state index contributed by atoms with van der Waals surface area (Å²) in [6.07, 6.45) is 0. The van der Waals surface area contributed by atoms with Gasteiger partial charge in [-0.15, -0.1) is 21.5 Å². The van der Waals surface area contributed by atoms with E-state index in [9.17, 15) is 4.79 Å². The molecule has 2 aromatic heterocycles. The van der Waals surface area contributed by atoms with E-state index in [1.54, 1.807) is 18.4 Å². The maximum Gasteiger partial charge on any atom is 0.234 e. The third-order valence-electron chi connectivity index (χ3n) is 4.91. The first kappa shape index (κ1) is 23.2. The topological polar surface area (TPSA) is 81.9 Å². The highest BCUT2D eigenvalue weighted by Crippen LogP contribution is 2.26. The molecular weight excluding hydrogens is 454 g/mol. The summed E-state index contributed by atoms with van der Waals surface area (Å²) in [5, 5.41) is 15.4. The standard InChI is InChI=1S/C24H25N5O2S2/c1-16-6-4-8-19(12-16)23-27-28-24(29(23)10-11-31-3)33-15-22(30)26-20-9-5-7-18(13-20)21-14-32-17(2)25-21/h4-9,12-14H,10-11,15H2,1-3H3,(H,26,30). The number of amides is 1. The summed E-state index contributed by atoms with van der Waals surface area (Å²) < 4.78 is 7.27. The van der Waals surface area contributed by atoms with Gasteiger partial charge in [0.2, 0.25) is 5.91 Å². The van der Waals surface area contributed by atoms with E-state index < -0.39 is 0 Å². The van der Waals surface area contributed by atoms with Crippen LogP contribution in [-0.2, 0) is 16.1 Å². The maximum atomic E-state index is 12.7. The number of aryl methyl sites for hydroxylation is 2. The number of benzene rings is 2. The van der Waals surface area contributed by atoms with Crippen LogP contribution < -0.4 is 5.32 Å². The number of rotatable bonds is 9. The van der Waals surface area contributed by atoms with Crippen LogP contribution in [0.5, 0.6) is 0 Å². The molecule has 0 saturated carbocycles. The van der Waals surface area contributed by atoms with E-state index in [1.165, 1.54) is 11.8 Å². The number of thioether (sulfide) groups is 1. The Kier molecular flexibility index (Phi) is 7.54. The highest BCUT2D eigenvalue weighted by Gasteiger charge is 2.16. The number of carbonyl (C=O) groups excluding carboxylic acids is 1. The van der Waals surface area contributed by atoms with E-state index in [2.05, 4.69) is 26.6 Å². The highest BCUT2D eigenvalue weighted by molar-refractivity contribution is 7.99. The van der Waals surface area contributed by atoms with Crippen molar-refractivity contribution in [3.63, 3.8) is 0 Å². The van der Waals surface area contributed by atoms with Gasteiger partial charge >= 0.3 is 0 Å². The Bertz CT molecular complexity index is 1250. The van der Waals surface area contributed by atoms with Crippen LogP contribution in [0.2, 0.25) is 0 Å². The van der Waals surface area contributed by atoms with Crippen molar-refractivity contribution in [1.29, 1.82) is 0 Å². The van der Waals surface area contributed by atoms with Crippen molar-refractivity contribution in [1.82, 2.24) is 19.7 Å². The number of carbonyl (C=O) groups is 1. The molecule has 1 N–H and O–H groups in total. The predicted octanol–water partition coefficient (Wildman–Crippen LogP) is 5.06. The first-order valence-electron chi connectivity index (χ1n) is 10.5. The number of anilines is 1. The lowest BCUT2D eigenvalue weighted by Crippen LogP contribution is -2.15. The number of hydrogen-bond acceptors (Lipinski definition) is 7. The largest absolute Gasteiger partial charge is 0.383 e. The molecule has 0 spiro atoms. The van der Waals surface area contributed by atoms with Gasteiger partial charge in [0.15, 0.2) is 11.0 Å². The van der Waals surface area contributed by atoms with E-state index in [4.69, 9.17) is 4.74 Å². The van der Waals surface area contributed by atoms with Crippen LogP contribution in [0.3, 0.4) is 0 Å². The Morgan fingerprint density at radius 1 is 1.12 bits per heavy atom. The molecule has 2 heterocycles. The number of aromatic nitrogens is 4. The van der Waals surface area contributed by atoms with Gasteiger partial charge in [0, 0.05) is 29.3 Å². The first-order chi connectivity index (χ1) is 16.0. The van der Waals surface area contributed by atoms with Crippen molar-refractivity contribution in [2.75, 3.05) is 24.8 Å². The van der Waals surface area contributed by atoms with Crippen LogP contribution in [-0.4, -0.2) is 45.1 Å². The Balaban J connectivity index is 1.45. The summed E-state index contributed by atoms with van der Waals surface area (Å²) in [7, 11) is 1.66. The van der Waals surface area contributed by atoms with Crippen LogP contribution in [0.15, 0.2) is 59.1 Å². The number of nitrogens with zero attached hydrogens (tertiary/aromatic N) is 4. The normalized spacial score (nSPS) is 11.0. The Labute approximate surface area is 201 Å². The zero-order valence-corrected chi connectivity index (χ0v) is 20.4. The van der Waals surface area contributed by atoms with Crippen LogP contribution in [0.1, 0.15) is 10.6 Å². The maximum absolute atomic E-state index is 12.7. The Hall–Kier alpha value is -3.01. The molecular formula is C24H25N5O2S2. The lowest BCUT2D eigenvalue weighted by molar-refractivity contribution is -0.113. The Morgan fingerprint density at radius 3 is 2.70 bits per heavy atom. The fraction of sp³-hybridized carbons (Fsp3) is 0.250. The number of thiazole rings is 1. The SMILES string of the molecule is COCCn1c(SCC(=O)Nc2cccc(-c3csc(C)n3)c2)nnc1-c1cccc(C)c1. The molecule has 9 heteroatoms. The summed E-state index contributed by atoms with van der Waals surface area (Å²) >= 11 is 2.97. The molecule has 0 bridgehead atoms. The van der Waals surface area contributed by atoms with Crippen molar-refractivity contribution >= 4 is 34.7 Å². The van der Waals surface area contributed by atoms with E-state index in [0.717, 1.165) is 38.9 Å². The molecule has 0 saturated heterocycles. The molecule has 1 amide bonds. The third-order valence-corrected chi connectivity index (χ3v) is 6.65. The van der Waals surface area contributed by atoms with Gasteiger partial charge in [-0.05, 0) is 32.0 Å². The third kappa shape index (κ3) is 5.87. The molecule has 0 fully saturated rings. The van der Waals surface area contributed by atoms with Gasteiger partial charge in [-0.25, -0.2) is 4.98 Å². The first-order valence-corrected chi connectivity index (χ1v) is 12.3. The van der Waals surface area contributed by atoms with Crippen molar-refractivity contribution < 1.29 is 9.53 Å². The van der Waals surface area contributed by atoms with E-state index in [-0.39, 0.29) is 11.7 Å². The molecule has 0 aliphatic carbocycles. The summed E-state index contributed by atoms with van der Waals surface area (Å²) in [6.45, 7) is 5.15. The molecule has 2 aromatic carbocycles. The van der Waals surface area contributed by atoms with Gasteiger partial charge in [-0.3, -0.25) is 9.36 Å². The molecule has 4 rings (SSSR count).